The van der Waals surface area contributed by atoms with E-state index in [1.807, 2.05) is 30.3 Å². The normalized spacial score (nSPS) is 13.2. The van der Waals surface area contributed by atoms with Crippen molar-refractivity contribution in [3.05, 3.63) is 40.5 Å². The van der Waals surface area contributed by atoms with Crippen LogP contribution in [0.5, 0.6) is 0 Å². The lowest BCUT2D eigenvalue weighted by Crippen LogP contribution is -2.04. The van der Waals surface area contributed by atoms with Crippen LogP contribution in [0, 0.1) is 5.92 Å². The molecule has 2 rings (SSSR count). The van der Waals surface area contributed by atoms with E-state index in [2.05, 4.69) is 34.8 Å². The molecule has 0 aliphatic carbocycles. The Hall–Kier alpha value is -0.930. The highest BCUT2D eigenvalue weighted by molar-refractivity contribution is 9.10. The number of hydrogen-bond donors (Lipinski definition) is 1. The molecule has 0 saturated heterocycles. The van der Waals surface area contributed by atoms with Gasteiger partial charge in [0, 0.05) is 9.86 Å². The molecule has 1 atom stereocenters. The van der Waals surface area contributed by atoms with Crippen LogP contribution < -0.4 is 0 Å². The highest BCUT2D eigenvalue weighted by Gasteiger charge is 2.11. The Bertz CT molecular complexity index is 525. The van der Waals surface area contributed by atoms with Gasteiger partial charge < -0.3 is 5.11 Å². The number of rotatable bonds is 3. The van der Waals surface area contributed by atoms with E-state index >= 15 is 0 Å². The molecule has 90 valence electrons. The van der Waals surface area contributed by atoms with Gasteiger partial charge in [-0.15, -0.1) is 0 Å². The van der Waals surface area contributed by atoms with Gasteiger partial charge in [0.1, 0.15) is 0 Å². The smallest absolute Gasteiger partial charge is 0.0962 e. The number of benzene rings is 1. The first-order valence-corrected chi connectivity index (χ1v) is 6.60. The maximum Gasteiger partial charge on any atom is 0.0962 e. The fraction of sp³-hybridized carbons (Fsp3) is 0.357. The molecule has 17 heavy (non-hydrogen) atoms. The van der Waals surface area contributed by atoms with Crippen molar-refractivity contribution in [1.29, 1.82) is 0 Å². The molecule has 0 aliphatic heterocycles. The van der Waals surface area contributed by atoms with Crippen LogP contribution in [-0.2, 0) is 0 Å². The minimum Gasteiger partial charge on any atom is -0.387 e. The molecule has 1 aromatic heterocycles. The topological polar surface area (TPSA) is 33.1 Å². The van der Waals surface area contributed by atoms with E-state index in [9.17, 15) is 5.11 Å². The second-order valence-corrected chi connectivity index (χ2v) is 5.63. The van der Waals surface area contributed by atoms with Crippen LogP contribution in [0.2, 0.25) is 0 Å². The third kappa shape index (κ3) is 3.05. The Morgan fingerprint density at radius 1 is 1.24 bits per heavy atom. The minimum absolute atomic E-state index is 0.465. The fourth-order valence-corrected chi connectivity index (χ4v) is 2.24. The molecule has 1 N–H and O–H groups in total. The van der Waals surface area contributed by atoms with Crippen LogP contribution in [0.3, 0.4) is 0 Å². The van der Waals surface area contributed by atoms with Crippen molar-refractivity contribution in [2.24, 2.45) is 5.92 Å². The van der Waals surface area contributed by atoms with Crippen LogP contribution in [0.4, 0.5) is 0 Å². The van der Waals surface area contributed by atoms with Gasteiger partial charge in [-0.3, -0.25) is 4.98 Å². The van der Waals surface area contributed by atoms with E-state index in [0.29, 0.717) is 5.92 Å². The van der Waals surface area contributed by atoms with E-state index in [1.54, 1.807) is 0 Å². The van der Waals surface area contributed by atoms with E-state index in [0.717, 1.165) is 27.5 Å². The molecule has 0 amide bonds. The molecular weight excluding hydrogens is 278 g/mol. The Balaban J connectivity index is 2.34. The molecule has 0 saturated carbocycles. The molecule has 2 aromatic rings. The van der Waals surface area contributed by atoms with Crippen LogP contribution in [0.15, 0.2) is 34.8 Å². The van der Waals surface area contributed by atoms with Crippen molar-refractivity contribution in [3.63, 3.8) is 0 Å². The average molecular weight is 294 g/mol. The molecule has 3 heteroatoms. The fourth-order valence-electron chi connectivity index (χ4n) is 1.87. The Morgan fingerprint density at radius 3 is 2.71 bits per heavy atom. The lowest BCUT2D eigenvalue weighted by Gasteiger charge is -2.13. The monoisotopic (exact) mass is 293 g/mol. The summed E-state index contributed by atoms with van der Waals surface area (Å²) in [6.45, 7) is 4.20. The Kier molecular flexibility index (Phi) is 3.79. The first kappa shape index (κ1) is 12.5. The zero-order valence-electron chi connectivity index (χ0n) is 10.0. The minimum atomic E-state index is -0.469. The molecule has 0 aliphatic rings. The third-order valence-electron chi connectivity index (χ3n) is 2.71. The van der Waals surface area contributed by atoms with Gasteiger partial charge >= 0.3 is 0 Å². The van der Waals surface area contributed by atoms with E-state index in [-0.39, 0.29) is 0 Å². The number of pyridine rings is 1. The number of nitrogens with zero attached hydrogens (tertiary/aromatic N) is 1. The molecule has 0 spiro atoms. The highest BCUT2D eigenvalue weighted by Crippen LogP contribution is 2.23. The van der Waals surface area contributed by atoms with Gasteiger partial charge in [0.25, 0.3) is 0 Å². The van der Waals surface area contributed by atoms with E-state index in [4.69, 9.17) is 0 Å². The highest BCUT2D eigenvalue weighted by atomic mass is 79.9. The first-order valence-electron chi connectivity index (χ1n) is 5.80. The van der Waals surface area contributed by atoms with Crippen molar-refractivity contribution in [2.75, 3.05) is 0 Å². The maximum atomic E-state index is 10.0. The number of aromatic nitrogens is 1. The summed E-state index contributed by atoms with van der Waals surface area (Å²) in [7, 11) is 0. The van der Waals surface area contributed by atoms with Gasteiger partial charge in [-0.05, 0) is 36.6 Å². The van der Waals surface area contributed by atoms with Gasteiger partial charge in [-0.1, -0.05) is 35.8 Å². The molecule has 1 aromatic carbocycles. The van der Waals surface area contributed by atoms with Crippen LogP contribution in [0.25, 0.3) is 10.9 Å². The molecule has 0 fully saturated rings. The zero-order valence-corrected chi connectivity index (χ0v) is 11.6. The van der Waals surface area contributed by atoms with Crippen LogP contribution in [-0.4, -0.2) is 10.1 Å². The number of fused-ring (bicyclic) bond motifs is 1. The van der Waals surface area contributed by atoms with Gasteiger partial charge in [0.15, 0.2) is 0 Å². The standard InChI is InChI=1S/C14H16BrNO/c1-9(2)7-14(17)13-5-3-10-8-11(15)4-6-12(10)16-13/h3-6,8-9,14,17H,7H2,1-2H3. The Labute approximate surface area is 110 Å². The summed E-state index contributed by atoms with van der Waals surface area (Å²) in [5.74, 6) is 0.465. The largest absolute Gasteiger partial charge is 0.387 e. The second kappa shape index (κ2) is 5.15. The van der Waals surface area contributed by atoms with Crippen molar-refractivity contribution in [1.82, 2.24) is 4.98 Å². The van der Waals surface area contributed by atoms with Crippen LogP contribution in [0.1, 0.15) is 32.1 Å². The third-order valence-corrected chi connectivity index (χ3v) is 3.20. The number of halogens is 1. The van der Waals surface area contributed by atoms with Crippen molar-refractivity contribution < 1.29 is 5.11 Å². The maximum absolute atomic E-state index is 10.0. The van der Waals surface area contributed by atoms with Crippen molar-refractivity contribution in [3.8, 4) is 0 Å². The van der Waals surface area contributed by atoms with Crippen molar-refractivity contribution in [2.45, 2.75) is 26.4 Å². The molecule has 0 radical (unpaired) electrons. The van der Waals surface area contributed by atoms with Gasteiger partial charge in [0.2, 0.25) is 0 Å². The average Bonchev–Trinajstić information content (AvgIpc) is 2.27. The summed E-state index contributed by atoms with van der Waals surface area (Å²) < 4.78 is 1.04. The molecule has 1 unspecified atom stereocenters. The predicted molar refractivity (Wildman–Crippen MR) is 73.9 cm³/mol. The predicted octanol–water partition coefficient (Wildman–Crippen LogP) is 4.08. The van der Waals surface area contributed by atoms with Crippen molar-refractivity contribution >= 4 is 26.8 Å². The quantitative estimate of drug-likeness (QED) is 0.925. The molecule has 1 heterocycles. The Morgan fingerprint density at radius 2 is 2.00 bits per heavy atom. The molecule has 0 bridgehead atoms. The van der Waals surface area contributed by atoms with Gasteiger partial charge in [-0.25, -0.2) is 0 Å². The van der Waals surface area contributed by atoms with Gasteiger partial charge in [-0.2, -0.15) is 0 Å². The summed E-state index contributed by atoms with van der Waals surface area (Å²) in [5, 5.41) is 11.1. The number of aliphatic hydroxyl groups excluding tert-OH is 1. The SMILES string of the molecule is CC(C)CC(O)c1ccc2cc(Br)ccc2n1. The summed E-state index contributed by atoms with van der Waals surface area (Å²) >= 11 is 3.44. The molecular formula is C14H16BrNO. The lowest BCUT2D eigenvalue weighted by atomic mass is 10.0. The number of aliphatic hydroxyl groups is 1. The van der Waals surface area contributed by atoms with Crippen LogP contribution >= 0.6 is 15.9 Å². The molecule has 2 nitrogen and oxygen atoms in total. The van der Waals surface area contributed by atoms with E-state index in [1.165, 1.54) is 0 Å². The summed E-state index contributed by atoms with van der Waals surface area (Å²) in [6, 6.07) is 9.87. The first-order chi connectivity index (χ1) is 8.06. The summed E-state index contributed by atoms with van der Waals surface area (Å²) in [6.07, 6.45) is 0.276. The van der Waals surface area contributed by atoms with Gasteiger partial charge in [0.05, 0.1) is 17.3 Å². The zero-order chi connectivity index (χ0) is 12.4. The van der Waals surface area contributed by atoms with E-state index < -0.39 is 6.10 Å². The summed E-state index contributed by atoms with van der Waals surface area (Å²) in [4.78, 5) is 4.50. The summed E-state index contributed by atoms with van der Waals surface area (Å²) in [5.41, 5.74) is 1.68. The lowest BCUT2D eigenvalue weighted by molar-refractivity contribution is 0.147. The number of hydrogen-bond acceptors (Lipinski definition) is 2. The second-order valence-electron chi connectivity index (χ2n) is 4.72.